The van der Waals surface area contributed by atoms with Crippen LogP contribution in [0.5, 0.6) is 0 Å². The normalized spacial score (nSPS) is 26.1. The Morgan fingerprint density at radius 3 is 2.82 bits per heavy atom. The van der Waals surface area contributed by atoms with Crippen molar-refractivity contribution in [3.8, 4) is 0 Å². The molecule has 3 atom stereocenters. The fourth-order valence-corrected chi connectivity index (χ4v) is 3.60. The van der Waals surface area contributed by atoms with Gasteiger partial charge in [0.05, 0.1) is 0 Å². The predicted octanol–water partition coefficient (Wildman–Crippen LogP) is 4.02. The molecule has 94 valence electrons. The number of benzene rings is 1. The van der Waals surface area contributed by atoms with E-state index in [2.05, 4.69) is 59.5 Å². The molecule has 1 aromatic carbocycles. The summed E-state index contributed by atoms with van der Waals surface area (Å²) < 4.78 is 1.18. The summed E-state index contributed by atoms with van der Waals surface area (Å²) in [5.41, 5.74) is 1.43. The van der Waals surface area contributed by atoms with Gasteiger partial charge in [0.15, 0.2) is 0 Å². The summed E-state index contributed by atoms with van der Waals surface area (Å²) in [5.74, 6) is 1.72. The van der Waals surface area contributed by atoms with Gasteiger partial charge in [-0.15, -0.1) is 0 Å². The van der Waals surface area contributed by atoms with Gasteiger partial charge in [0.2, 0.25) is 0 Å². The lowest BCUT2D eigenvalue weighted by Gasteiger charge is -2.26. The van der Waals surface area contributed by atoms with Crippen LogP contribution in [-0.2, 0) is 6.42 Å². The van der Waals surface area contributed by atoms with Gasteiger partial charge in [0.1, 0.15) is 0 Å². The second-order valence-electron chi connectivity index (χ2n) is 5.30. The Morgan fingerprint density at radius 1 is 1.41 bits per heavy atom. The van der Waals surface area contributed by atoms with Crippen molar-refractivity contribution in [2.24, 2.45) is 11.8 Å². The average Bonchev–Trinajstić information content (AvgIpc) is 2.72. The molecule has 17 heavy (non-hydrogen) atoms. The molecule has 1 nitrogen and oxygen atoms in total. The van der Waals surface area contributed by atoms with Crippen LogP contribution < -0.4 is 5.32 Å². The lowest BCUT2D eigenvalue weighted by molar-refractivity contribution is 0.308. The van der Waals surface area contributed by atoms with Crippen LogP contribution in [0.25, 0.3) is 0 Å². The second-order valence-corrected chi connectivity index (χ2v) is 6.22. The largest absolute Gasteiger partial charge is 0.316 e. The first kappa shape index (κ1) is 13.1. The molecule has 0 saturated heterocycles. The molecule has 0 radical (unpaired) electrons. The molecule has 0 spiro atoms. The molecule has 0 aliphatic heterocycles. The summed E-state index contributed by atoms with van der Waals surface area (Å²) in [4.78, 5) is 0. The highest BCUT2D eigenvalue weighted by atomic mass is 79.9. The number of rotatable bonds is 4. The summed E-state index contributed by atoms with van der Waals surface area (Å²) in [6, 6.07) is 9.32. The van der Waals surface area contributed by atoms with Gasteiger partial charge in [0.25, 0.3) is 0 Å². The maximum Gasteiger partial charge on any atom is 0.0178 e. The number of hydrogen-bond donors (Lipinski definition) is 1. The molecule has 1 saturated carbocycles. The van der Waals surface area contributed by atoms with E-state index in [9.17, 15) is 0 Å². The fraction of sp³-hybridized carbons (Fsp3) is 0.600. The van der Waals surface area contributed by atoms with E-state index in [1.165, 1.54) is 29.3 Å². The first-order chi connectivity index (χ1) is 8.20. The summed E-state index contributed by atoms with van der Waals surface area (Å²) in [7, 11) is 2.10. The van der Waals surface area contributed by atoms with Crippen molar-refractivity contribution in [2.45, 2.75) is 38.6 Å². The molecule has 0 bridgehead atoms. The third-order valence-corrected chi connectivity index (χ3v) is 4.65. The van der Waals surface area contributed by atoms with Crippen LogP contribution in [0.4, 0.5) is 0 Å². The van der Waals surface area contributed by atoms with Crippen LogP contribution in [0.1, 0.15) is 31.7 Å². The van der Waals surface area contributed by atoms with Crippen molar-refractivity contribution in [2.75, 3.05) is 7.05 Å². The highest BCUT2D eigenvalue weighted by Crippen LogP contribution is 2.34. The second kappa shape index (κ2) is 6.01. The van der Waals surface area contributed by atoms with Crippen LogP contribution in [0.15, 0.2) is 28.7 Å². The molecule has 0 heterocycles. The zero-order valence-electron chi connectivity index (χ0n) is 10.7. The summed E-state index contributed by atoms with van der Waals surface area (Å²) in [5, 5.41) is 3.53. The lowest BCUT2D eigenvalue weighted by atomic mass is 9.86. The van der Waals surface area contributed by atoms with Crippen LogP contribution in [0.3, 0.4) is 0 Å². The summed E-state index contributed by atoms with van der Waals surface area (Å²) in [6.07, 6.45) is 5.34. The molecule has 1 aliphatic rings. The Balaban J connectivity index is 2.04. The predicted molar refractivity (Wildman–Crippen MR) is 77.2 cm³/mol. The topological polar surface area (TPSA) is 12.0 Å². The maximum absolute atomic E-state index is 3.55. The van der Waals surface area contributed by atoms with E-state index >= 15 is 0 Å². The van der Waals surface area contributed by atoms with E-state index in [1.54, 1.807) is 0 Å². The molecule has 0 aromatic heterocycles. The van der Waals surface area contributed by atoms with E-state index < -0.39 is 0 Å². The van der Waals surface area contributed by atoms with Gasteiger partial charge in [-0.1, -0.05) is 47.8 Å². The van der Waals surface area contributed by atoms with Crippen molar-refractivity contribution < 1.29 is 0 Å². The minimum atomic E-state index is 0.627. The van der Waals surface area contributed by atoms with Gasteiger partial charge in [-0.25, -0.2) is 0 Å². The van der Waals surface area contributed by atoms with Gasteiger partial charge in [-0.2, -0.15) is 0 Å². The Bertz CT molecular complexity index is 364. The Morgan fingerprint density at radius 2 is 2.24 bits per heavy atom. The highest BCUT2D eigenvalue weighted by Gasteiger charge is 2.29. The monoisotopic (exact) mass is 295 g/mol. The molecular weight excluding hydrogens is 274 g/mol. The Hall–Kier alpha value is -0.340. The van der Waals surface area contributed by atoms with Crippen LogP contribution in [-0.4, -0.2) is 13.1 Å². The van der Waals surface area contributed by atoms with Gasteiger partial charge in [0, 0.05) is 10.5 Å². The van der Waals surface area contributed by atoms with Gasteiger partial charge in [-0.05, 0) is 49.4 Å². The molecule has 2 heteroatoms. The first-order valence-electron chi connectivity index (χ1n) is 6.62. The fourth-order valence-electron chi connectivity index (χ4n) is 3.16. The van der Waals surface area contributed by atoms with Crippen LogP contribution in [0.2, 0.25) is 0 Å². The van der Waals surface area contributed by atoms with Crippen molar-refractivity contribution in [1.82, 2.24) is 5.32 Å². The van der Waals surface area contributed by atoms with Crippen molar-refractivity contribution >= 4 is 15.9 Å². The molecule has 1 aliphatic carbocycles. The highest BCUT2D eigenvalue weighted by molar-refractivity contribution is 9.10. The number of halogens is 1. The molecule has 1 aromatic rings. The van der Waals surface area contributed by atoms with E-state index in [4.69, 9.17) is 0 Å². The molecule has 1 N–H and O–H groups in total. The zero-order chi connectivity index (χ0) is 12.3. The number of nitrogens with one attached hydrogen (secondary N) is 1. The van der Waals surface area contributed by atoms with Crippen LogP contribution >= 0.6 is 15.9 Å². The van der Waals surface area contributed by atoms with Gasteiger partial charge in [-0.3, -0.25) is 0 Å². The SMILES string of the molecule is CNC(Cc1cccc(Br)c1)C1CCCC1C. The minimum absolute atomic E-state index is 0.627. The molecule has 2 rings (SSSR count). The quantitative estimate of drug-likeness (QED) is 0.885. The average molecular weight is 296 g/mol. The standard InChI is InChI=1S/C15H22BrN/c1-11-5-3-8-14(11)15(17-2)10-12-6-4-7-13(16)9-12/h4,6-7,9,11,14-15,17H,3,5,8,10H2,1-2H3. The molecule has 0 amide bonds. The summed E-state index contributed by atoms with van der Waals surface area (Å²) in [6.45, 7) is 2.41. The van der Waals surface area contributed by atoms with Gasteiger partial charge >= 0.3 is 0 Å². The van der Waals surface area contributed by atoms with Crippen LogP contribution in [0, 0.1) is 11.8 Å². The third-order valence-electron chi connectivity index (χ3n) is 4.16. The summed E-state index contributed by atoms with van der Waals surface area (Å²) >= 11 is 3.55. The first-order valence-corrected chi connectivity index (χ1v) is 7.41. The number of likely N-dealkylation sites (N-methyl/N-ethyl adjacent to an activating group) is 1. The van der Waals surface area contributed by atoms with Gasteiger partial charge < -0.3 is 5.32 Å². The van der Waals surface area contributed by atoms with Crippen molar-refractivity contribution in [3.63, 3.8) is 0 Å². The lowest BCUT2D eigenvalue weighted by Crippen LogP contribution is -2.36. The minimum Gasteiger partial charge on any atom is -0.316 e. The van der Waals surface area contributed by atoms with Crippen molar-refractivity contribution in [3.05, 3.63) is 34.3 Å². The third kappa shape index (κ3) is 3.32. The maximum atomic E-state index is 3.55. The molecular formula is C15H22BrN. The van der Waals surface area contributed by atoms with E-state index in [0.717, 1.165) is 18.3 Å². The number of hydrogen-bond acceptors (Lipinski definition) is 1. The van der Waals surface area contributed by atoms with E-state index in [0.29, 0.717) is 6.04 Å². The van der Waals surface area contributed by atoms with E-state index in [-0.39, 0.29) is 0 Å². The molecule has 3 unspecified atom stereocenters. The van der Waals surface area contributed by atoms with E-state index in [1.807, 2.05) is 0 Å². The van der Waals surface area contributed by atoms with Crippen molar-refractivity contribution in [1.29, 1.82) is 0 Å². The zero-order valence-corrected chi connectivity index (χ0v) is 12.3. The smallest absolute Gasteiger partial charge is 0.0178 e. The molecule has 1 fully saturated rings. The Labute approximate surface area is 113 Å². The Kier molecular flexibility index (Phi) is 4.63.